The van der Waals surface area contributed by atoms with Crippen molar-refractivity contribution in [2.45, 2.75) is 13.0 Å². The van der Waals surface area contributed by atoms with Gasteiger partial charge in [-0.3, -0.25) is 9.69 Å². The van der Waals surface area contributed by atoms with E-state index in [1.54, 1.807) is 25.9 Å². The fourth-order valence-electron chi connectivity index (χ4n) is 3.17. The summed E-state index contributed by atoms with van der Waals surface area (Å²) in [6.45, 7) is 1.64. The molecular weight excluding hydrogens is 387 g/mol. The van der Waals surface area contributed by atoms with Crippen molar-refractivity contribution >= 4 is 28.9 Å². The number of halogens is 3. The molecule has 1 aliphatic rings. The lowest BCUT2D eigenvalue weighted by atomic mass is 9.93. The van der Waals surface area contributed by atoms with E-state index >= 15 is 0 Å². The van der Waals surface area contributed by atoms with Crippen LogP contribution in [0.25, 0.3) is 0 Å². The quantitative estimate of drug-likeness (QED) is 0.786. The highest BCUT2D eigenvalue weighted by Gasteiger charge is 2.37. The van der Waals surface area contributed by atoms with Crippen LogP contribution in [0.4, 0.5) is 18.9 Å². The fourth-order valence-corrected chi connectivity index (χ4v) is 3.53. The lowest BCUT2D eigenvalue weighted by molar-refractivity contribution is -0.125. The number of rotatable bonds is 3. The van der Waals surface area contributed by atoms with Crippen LogP contribution in [0.2, 0.25) is 0 Å². The molecule has 0 saturated carbocycles. The minimum absolute atomic E-state index is 0.145. The van der Waals surface area contributed by atoms with E-state index in [1.165, 1.54) is 35.2 Å². The summed E-state index contributed by atoms with van der Waals surface area (Å²) in [5.74, 6) is -2.41. The molecule has 1 heterocycles. The molecule has 2 aromatic carbocycles. The standard InChI is InChI=1S/C20H18F3N3OS/c1-11-16(19(27)25(2)3)18(17-14(22)5-4-6-15(17)23)24-20(28)26(11)13-9-7-12(21)8-10-13/h4-10,18H,1-3H3,(H,24,28)/t18-/m1/s1. The maximum absolute atomic E-state index is 14.5. The summed E-state index contributed by atoms with van der Waals surface area (Å²) in [4.78, 5) is 15.8. The normalized spacial score (nSPS) is 16.9. The molecule has 0 fully saturated rings. The Morgan fingerprint density at radius 3 is 2.18 bits per heavy atom. The van der Waals surface area contributed by atoms with E-state index in [9.17, 15) is 18.0 Å². The number of thiocarbonyl (C=S) groups is 1. The molecule has 8 heteroatoms. The Morgan fingerprint density at radius 1 is 1.07 bits per heavy atom. The predicted molar refractivity (Wildman–Crippen MR) is 105 cm³/mol. The number of hydrogen-bond donors (Lipinski definition) is 1. The Balaban J connectivity index is 2.22. The van der Waals surface area contributed by atoms with E-state index in [-0.39, 0.29) is 16.2 Å². The van der Waals surface area contributed by atoms with Crippen LogP contribution in [0.1, 0.15) is 18.5 Å². The van der Waals surface area contributed by atoms with Gasteiger partial charge in [0.1, 0.15) is 17.5 Å². The summed E-state index contributed by atoms with van der Waals surface area (Å²) in [6.07, 6.45) is 0. The Hall–Kier alpha value is -2.87. The Kier molecular flexibility index (Phi) is 5.42. The van der Waals surface area contributed by atoms with Gasteiger partial charge in [0.15, 0.2) is 5.11 Å². The van der Waals surface area contributed by atoms with Crippen LogP contribution >= 0.6 is 12.2 Å². The van der Waals surface area contributed by atoms with Gasteiger partial charge in [-0.2, -0.15) is 0 Å². The van der Waals surface area contributed by atoms with E-state index < -0.39 is 29.4 Å². The lowest BCUT2D eigenvalue weighted by Crippen LogP contribution is -2.49. The molecule has 0 unspecified atom stereocenters. The molecule has 1 amide bonds. The number of nitrogens with zero attached hydrogens (tertiary/aromatic N) is 2. The van der Waals surface area contributed by atoms with Crippen molar-refractivity contribution < 1.29 is 18.0 Å². The molecule has 1 aliphatic heterocycles. The molecule has 4 nitrogen and oxygen atoms in total. The van der Waals surface area contributed by atoms with Crippen molar-refractivity contribution in [3.05, 3.63) is 76.7 Å². The third-order valence-electron chi connectivity index (χ3n) is 4.49. The number of amides is 1. The molecule has 0 spiro atoms. The number of carbonyl (C=O) groups excluding carboxylic acids is 1. The van der Waals surface area contributed by atoms with Gasteiger partial charge in [0.2, 0.25) is 0 Å². The van der Waals surface area contributed by atoms with E-state index in [0.717, 1.165) is 12.1 Å². The number of allylic oxidation sites excluding steroid dienone is 1. The number of likely N-dealkylation sites (N-methyl/N-ethyl adjacent to an activating group) is 1. The molecule has 3 rings (SSSR count). The fraction of sp³-hybridized carbons (Fsp3) is 0.200. The van der Waals surface area contributed by atoms with E-state index in [4.69, 9.17) is 12.2 Å². The van der Waals surface area contributed by atoms with Crippen molar-refractivity contribution in [3.8, 4) is 0 Å². The van der Waals surface area contributed by atoms with E-state index in [1.807, 2.05) is 0 Å². The molecule has 146 valence electrons. The average Bonchev–Trinajstić information content (AvgIpc) is 2.62. The van der Waals surface area contributed by atoms with Crippen LogP contribution in [0, 0.1) is 17.5 Å². The SMILES string of the molecule is CC1=C(C(=O)N(C)C)[C@H](c2c(F)cccc2F)NC(=S)N1c1ccc(F)cc1. The number of nitrogens with one attached hydrogen (secondary N) is 1. The summed E-state index contributed by atoms with van der Waals surface area (Å²) in [5, 5.41) is 3.02. The summed E-state index contributed by atoms with van der Waals surface area (Å²) in [5.41, 5.74) is 0.787. The van der Waals surface area contributed by atoms with Crippen LogP contribution in [0.3, 0.4) is 0 Å². The minimum atomic E-state index is -1.10. The minimum Gasteiger partial charge on any atom is -0.351 e. The van der Waals surface area contributed by atoms with Gasteiger partial charge >= 0.3 is 0 Å². The molecule has 1 atom stereocenters. The maximum atomic E-state index is 14.5. The Bertz CT molecular complexity index is 953. The highest BCUT2D eigenvalue weighted by Crippen LogP contribution is 2.36. The van der Waals surface area contributed by atoms with Gasteiger partial charge in [-0.05, 0) is 55.5 Å². The summed E-state index contributed by atoms with van der Waals surface area (Å²) >= 11 is 5.40. The highest BCUT2D eigenvalue weighted by molar-refractivity contribution is 7.80. The summed E-state index contributed by atoms with van der Waals surface area (Å²) < 4.78 is 42.2. The van der Waals surface area contributed by atoms with Crippen molar-refractivity contribution in [1.82, 2.24) is 10.2 Å². The van der Waals surface area contributed by atoms with Crippen molar-refractivity contribution in [1.29, 1.82) is 0 Å². The molecular formula is C20H18F3N3OS. The average molecular weight is 405 g/mol. The summed E-state index contributed by atoms with van der Waals surface area (Å²) in [6, 6.07) is 7.96. The molecule has 0 saturated heterocycles. The first-order chi connectivity index (χ1) is 13.2. The van der Waals surface area contributed by atoms with Crippen LogP contribution in [0.15, 0.2) is 53.7 Å². The van der Waals surface area contributed by atoms with Crippen LogP contribution in [0.5, 0.6) is 0 Å². The van der Waals surface area contributed by atoms with Gasteiger partial charge in [0.05, 0.1) is 17.2 Å². The first-order valence-corrected chi connectivity index (χ1v) is 8.85. The van der Waals surface area contributed by atoms with Crippen LogP contribution < -0.4 is 10.2 Å². The molecule has 0 aromatic heterocycles. The number of carbonyl (C=O) groups is 1. The first kappa shape index (κ1) is 19.9. The zero-order chi connectivity index (χ0) is 20.6. The largest absolute Gasteiger partial charge is 0.351 e. The van der Waals surface area contributed by atoms with E-state index in [2.05, 4.69) is 5.32 Å². The molecule has 0 radical (unpaired) electrons. The van der Waals surface area contributed by atoms with Gasteiger partial charge in [0, 0.05) is 25.5 Å². The van der Waals surface area contributed by atoms with E-state index in [0.29, 0.717) is 11.4 Å². The van der Waals surface area contributed by atoms with Gasteiger partial charge in [-0.25, -0.2) is 13.2 Å². The Labute approximate surface area is 166 Å². The third-order valence-corrected chi connectivity index (χ3v) is 4.80. The van der Waals surface area contributed by atoms with Crippen molar-refractivity contribution in [2.24, 2.45) is 0 Å². The molecule has 0 aliphatic carbocycles. The molecule has 0 bridgehead atoms. The first-order valence-electron chi connectivity index (χ1n) is 8.45. The zero-order valence-corrected chi connectivity index (χ0v) is 16.3. The number of benzene rings is 2. The zero-order valence-electron chi connectivity index (χ0n) is 15.5. The van der Waals surface area contributed by atoms with Crippen molar-refractivity contribution in [2.75, 3.05) is 19.0 Å². The summed E-state index contributed by atoms with van der Waals surface area (Å²) in [7, 11) is 3.10. The van der Waals surface area contributed by atoms with Gasteiger partial charge in [-0.15, -0.1) is 0 Å². The van der Waals surface area contributed by atoms with Gasteiger partial charge in [-0.1, -0.05) is 6.07 Å². The monoisotopic (exact) mass is 405 g/mol. The van der Waals surface area contributed by atoms with Gasteiger partial charge < -0.3 is 10.2 Å². The Morgan fingerprint density at radius 2 is 1.64 bits per heavy atom. The third kappa shape index (κ3) is 3.47. The smallest absolute Gasteiger partial charge is 0.253 e. The topological polar surface area (TPSA) is 35.6 Å². The maximum Gasteiger partial charge on any atom is 0.253 e. The number of hydrogen-bond acceptors (Lipinski definition) is 2. The second kappa shape index (κ2) is 7.63. The molecule has 1 N–H and O–H groups in total. The highest BCUT2D eigenvalue weighted by atomic mass is 32.1. The second-order valence-electron chi connectivity index (χ2n) is 6.53. The number of anilines is 1. The van der Waals surface area contributed by atoms with Crippen LogP contribution in [-0.4, -0.2) is 30.0 Å². The predicted octanol–water partition coefficient (Wildman–Crippen LogP) is 3.90. The van der Waals surface area contributed by atoms with Crippen molar-refractivity contribution in [3.63, 3.8) is 0 Å². The molecule has 28 heavy (non-hydrogen) atoms. The van der Waals surface area contributed by atoms with Gasteiger partial charge in [0.25, 0.3) is 5.91 Å². The van der Waals surface area contributed by atoms with Crippen LogP contribution in [-0.2, 0) is 4.79 Å². The lowest BCUT2D eigenvalue weighted by Gasteiger charge is -2.38. The second-order valence-corrected chi connectivity index (χ2v) is 6.92. The molecule has 2 aromatic rings.